The smallest absolute Gasteiger partial charge is 0.228 e. The van der Waals surface area contributed by atoms with Crippen LogP contribution in [0.5, 0.6) is 11.6 Å². The van der Waals surface area contributed by atoms with Crippen LogP contribution < -0.4 is 15.4 Å². The summed E-state index contributed by atoms with van der Waals surface area (Å²) in [5.41, 5.74) is 3.05. The van der Waals surface area contributed by atoms with Crippen molar-refractivity contribution < 1.29 is 9.53 Å². The van der Waals surface area contributed by atoms with Gasteiger partial charge in [-0.05, 0) is 50.2 Å². The van der Waals surface area contributed by atoms with Gasteiger partial charge in [0.25, 0.3) is 0 Å². The minimum absolute atomic E-state index is 0.0380. The summed E-state index contributed by atoms with van der Waals surface area (Å²) in [5.74, 6) is 1.10. The van der Waals surface area contributed by atoms with Gasteiger partial charge in [-0.25, -0.2) is 4.98 Å². The van der Waals surface area contributed by atoms with Crippen LogP contribution in [-0.4, -0.2) is 24.5 Å². The van der Waals surface area contributed by atoms with Gasteiger partial charge in [-0.1, -0.05) is 13.0 Å². The predicted octanol–water partition coefficient (Wildman–Crippen LogP) is 3.28. The van der Waals surface area contributed by atoms with Crippen molar-refractivity contribution >= 4 is 11.6 Å². The summed E-state index contributed by atoms with van der Waals surface area (Å²) in [5, 5.41) is 5.82. The number of benzene rings is 1. The fourth-order valence-electron chi connectivity index (χ4n) is 2.08. The van der Waals surface area contributed by atoms with Gasteiger partial charge in [0.1, 0.15) is 5.75 Å². The van der Waals surface area contributed by atoms with E-state index in [9.17, 15) is 4.79 Å². The molecule has 2 N–H and O–H groups in total. The molecule has 2 rings (SSSR count). The lowest BCUT2D eigenvalue weighted by atomic mass is 10.1. The van der Waals surface area contributed by atoms with Gasteiger partial charge in [-0.3, -0.25) is 4.79 Å². The van der Waals surface area contributed by atoms with Crippen molar-refractivity contribution in [3.8, 4) is 11.6 Å². The van der Waals surface area contributed by atoms with E-state index >= 15 is 0 Å². The van der Waals surface area contributed by atoms with E-state index in [0.29, 0.717) is 18.1 Å². The van der Waals surface area contributed by atoms with E-state index in [0.717, 1.165) is 5.75 Å². The molecular formula is C18H23N3O2. The highest BCUT2D eigenvalue weighted by Gasteiger charge is 2.12. The highest BCUT2D eigenvalue weighted by atomic mass is 16.5. The molecule has 5 nitrogen and oxygen atoms in total. The number of hydrogen-bond acceptors (Lipinski definition) is 4. The number of carbonyl (C=O) groups is 1. The number of anilines is 1. The summed E-state index contributed by atoms with van der Waals surface area (Å²) >= 11 is 0. The van der Waals surface area contributed by atoms with Crippen molar-refractivity contribution in [1.29, 1.82) is 0 Å². The molecule has 0 bridgehead atoms. The summed E-state index contributed by atoms with van der Waals surface area (Å²) in [6.45, 7) is 6.61. The second-order valence-electron chi connectivity index (χ2n) is 5.68. The Labute approximate surface area is 137 Å². The molecule has 0 aliphatic rings. The van der Waals surface area contributed by atoms with E-state index < -0.39 is 0 Å². The topological polar surface area (TPSA) is 63.2 Å². The number of nitrogens with zero attached hydrogens (tertiary/aromatic N) is 1. The maximum Gasteiger partial charge on any atom is 0.228 e. The van der Waals surface area contributed by atoms with Gasteiger partial charge in [-0.15, -0.1) is 0 Å². The van der Waals surface area contributed by atoms with E-state index in [1.54, 1.807) is 18.3 Å². The first-order valence-electron chi connectivity index (χ1n) is 7.66. The molecule has 122 valence electrons. The number of carbonyl (C=O) groups excluding carboxylic acids is 1. The van der Waals surface area contributed by atoms with Crippen molar-refractivity contribution in [2.75, 3.05) is 18.9 Å². The third-order valence-corrected chi connectivity index (χ3v) is 3.66. The highest BCUT2D eigenvalue weighted by molar-refractivity contribution is 5.92. The zero-order valence-electron chi connectivity index (χ0n) is 14.0. The molecule has 2 aromatic rings. The van der Waals surface area contributed by atoms with E-state index in [1.165, 1.54) is 11.1 Å². The van der Waals surface area contributed by atoms with Crippen molar-refractivity contribution in [3.63, 3.8) is 0 Å². The lowest BCUT2D eigenvalue weighted by molar-refractivity contribution is -0.119. The molecule has 1 heterocycles. The van der Waals surface area contributed by atoms with Crippen LogP contribution in [0.3, 0.4) is 0 Å². The summed E-state index contributed by atoms with van der Waals surface area (Å²) < 4.78 is 5.73. The standard InChI is InChI=1S/C18H23N3O2/c1-12-5-7-16(9-13(12)2)23-17-8-6-15(11-20-17)21-18(22)14(3)10-19-4/h5-9,11,14,19H,10H2,1-4H3,(H,21,22). The van der Waals surface area contributed by atoms with Crippen LogP contribution in [0.4, 0.5) is 5.69 Å². The van der Waals surface area contributed by atoms with Gasteiger partial charge >= 0.3 is 0 Å². The molecule has 0 aliphatic carbocycles. The van der Waals surface area contributed by atoms with Crippen molar-refractivity contribution in [1.82, 2.24) is 10.3 Å². The maximum absolute atomic E-state index is 11.9. The van der Waals surface area contributed by atoms with Gasteiger partial charge in [0.15, 0.2) is 0 Å². The Morgan fingerprint density at radius 3 is 2.61 bits per heavy atom. The molecule has 0 fully saturated rings. The van der Waals surface area contributed by atoms with Gasteiger partial charge in [0.2, 0.25) is 11.8 Å². The quantitative estimate of drug-likeness (QED) is 0.859. The lowest BCUT2D eigenvalue weighted by Gasteiger charge is -2.12. The van der Waals surface area contributed by atoms with Crippen LogP contribution in [0.1, 0.15) is 18.1 Å². The van der Waals surface area contributed by atoms with Crippen LogP contribution in [0.15, 0.2) is 36.5 Å². The molecule has 1 aromatic heterocycles. The number of ether oxygens (including phenoxy) is 1. The fraction of sp³-hybridized carbons (Fsp3) is 0.333. The van der Waals surface area contributed by atoms with Crippen LogP contribution in [0, 0.1) is 19.8 Å². The van der Waals surface area contributed by atoms with E-state index in [4.69, 9.17) is 4.74 Å². The zero-order chi connectivity index (χ0) is 16.8. The van der Waals surface area contributed by atoms with Gasteiger partial charge in [0, 0.05) is 18.5 Å². The third kappa shape index (κ3) is 4.79. The fourth-order valence-corrected chi connectivity index (χ4v) is 2.08. The molecule has 0 saturated heterocycles. The zero-order valence-corrected chi connectivity index (χ0v) is 14.0. The minimum atomic E-state index is -0.105. The van der Waals surface area contributed by atoms with E-state index in [2.05, 4.69) is 22.5 Å². The summed E-state index contributed by atoms with van der Waals surface area (Å²) in [6.07, 6.45) is 1.60. The Bertz CT molecular complexity index is 668. The van der Waals surface area contributed by atoms with Gasteiger partial charge in [-0.2, -0.15) is 0 Å². The normalized spacial score (nSPS) is 11.8. The summed E-state index contributed by atoms with van der Waals surface area (Å²) in [7, 11) is 1.82. The largest absolute Gasteiger partial charge is 0.439 e. The summed E-state index contributed by atoms with van der Waals surface area (Å²) in [6, 6.07) is 9.44. The van der Waals surface area contributed by atoms with Crippen molar-refractivity contribution in [2.24, 2.45) is 5.92 Å². The molecule has 1 unspecified atom stereocenters. The number of aryl methyl sites for hydroxylation is 2. The van der Waals surface area contributed by atoms with Gasteiger partial charge < -0.3 is 15.4 Å². The van der Waals surface area contributed by atoms with E-state index in [1.807, 2.05) is 39.1 Å². The van der Waals surface area contributed by atoms with Crippen LogP contribution in [0.2, 0.25) is 0 Å². The predicted molar refractivity (Wildman–Crippen MR) is 91.9 cm³/mol. The molecule has 0 spiro atoms. The number of pyridine rings is 1. The van der Waals surface area contributed by atoms with Crippen LogP contribution in [0.25, 0.3) is 0 Å². The molecule has 0 aliphatic heterocycles. The van der Waals surface area contributed by atoms with Crippen LogP contribution >= 0.6 is 0 Å². The molecule has 0 saturated carbocycles. The average Bonchev–Trinajstić information content (AvgIpc) is 2.53. The molecular weight excluding hydrogens is 290 g/mol. The minimum Gasteiger partial charge on any atom is -0.439 e. The van der Waals surface area contributed by atoms with Crippen LogP contribution in [-0.2, 0) is 4.79 Å². The molecule has 1 amide bonds. The molecule has 1 aromatic carbocycles. The van der Waals surface area contributed by atoms with E-state index in [-0.39, 0.29) is 11.8 Å². The highest BCUT2D eigenvalue weighted by Crippen LogP contribution is 2.23. The Morgan fingerprint density at radius 1 is 1.22 bits per heavy atom. The number of aromatic nitrogens is 1. The monoisotopic (exact) mass is 313 g/mol. The summed E-state index contributed by atoms with van der Waals surface area (Å²) in [4.78, 5) is 16.2. The van der Waals surface area contributed by atoms with Crippen molar-refractivity contribution in [2.45, 2.75) is 20.8 Å². The molecule has 23 heavy (non-hydrogen) atoms. The Hall–Kier alpha value is -2.40. The number of amides is 1. The Balaban J connectivity index is 1.99. The number of nitrogens with one attached hydrogen (secondary N) is 2. The number of rotatable bonds is 6. The first-order chi connectivity index (χ1) is 11.0. The molecule has 1 atom stereocenters. The first kappa shape index (κ1) is 17.0. The van der Waals surface area contributed by atoms with Crippen molar-refractivity contribution in [3.05, 3.63) is 47.7 Å². The Kier molecular flexibility index (Phi) is 5.71. The SMILES string of the molecule is CNCC(C)C(=O)Nc1ccc(Oc2ccc(C)c(C)c2)nc1. The third-order valence-electron chi connectivity index (χ3n) is 3.66. The van der Waals surface area contributed by atoms with Gasteiger partial charge in [0.05, 0.1) is 11.9 Å². The number of hydrogen-bond donors (Lipinski definition) is 2. The molecule has 0 radical (unpaired) electrons. The Morgan fingerprint density at radius 2 is 2.00 bits per heavy atom. The maximum atomic E-state index is 11.9. The lowest BCUT2D eigenvalue weighted by Crippen LogP contribution is -2.28. The first-order valence-corrected chi connectivity index (χ1v) is 7.66. The average molecular weight is 313 g/mol. The second-order valence-corrected chi connectivity index (χ2v) is 5.68. The molecule has 5 heteroatoms. The second kappa shape index (κ2) is 7.74.